The standard InChI is InChI=1S/C9H16O3/c1-9(2,5-4-6-10)7-8(11)12-3/h4-5,10H,6-7H2,1-3H3/b5-4+. The molecule has 0 heterocycles. The third kappa shape index (κ3) is 4.91. The summed E-state index contributed by atoms with van der Waals surface area (Å²) in [5.74, 6) is -0.234. The van der Waals surface area contributed by atoms with Crippen molar-refractivity contribution in [2.24, 2.45) is 5.41 Å². The van der Waals surface area contributed by atoms with Crippen LogP contribution in [0.25, 0.3) is 0 Å². The van der Waals surface area contributed by atoms with Crippen molar-refractivity contribution in [2.45, 2.75) is 20.3 Å². The first-order chi connectivity index (χ1) is 5.52. The zero-order valence-corrected chi connectivity index (χ0v) is 7.83. The van der Waals surface area contributed by atoms with E-state index in [1.165, 1.54) is 7.11 Å². The van der Waals surface area contributed by atoms with Crippen LogP contribution in [-0.4, -0.2) is 24.8 Å². The number of aliphatic hydroxyl groups excluding tert-OH is 1. The first-order valence-electron chi connectivity index (χ1n) is 3.87. The number of carbonyl (C=O) groups excluding carboxylic acids is 1. The summed E-state index contributed by atoms with van der Waals surface area (Å²) < 4.78 is 4.53. The average molecular weight is 172 g/mol. The molecule has 0 radical (unpaired) electrons. The molecule has 0 aromatic heterocycles. The third-order valence-electron chi connectivity index (χ3n) is 1.50. The van der Waals surface area contributed by atoms with Gasteiger partial charge in [-0.1, -0.05) is 26.0 Å². The largest absolute Gasteiger partial charge is 0.469 e. The van der Waals surface area contributed by atoms with E-state index in [2.05, 4.69) is 4.74 Å². The van der Waals surface area contributed by atoms with Crippen molar-refractivity contribution in [2.75, 3.05) is 13.7 Å². The van der Waals surface area contributed by atoms with E-state index >= 15 is 0 Å². The summed E-state index contributed by atoms with van der Waals surface area (Å²) in [7, 11) is 1.37. The molecule has 0 spiro atoms. The number of esters is 1. The Bertz CT molecular complexity index is 171. The molecule has 0 aromatic carbocycles. The van der Waals surface area contributed by atoms with Crippen LogP contribution < -0.4 is 0 Å². The molecule has 0 rings (SSSR count). The van der Waals surface area contributed by atoms with E-state index in [9.17, 15) is 4.79 Å². The quantitative estimate of drug-likeness (QED) is 0.510. The number of allylic oxidation sites excluding steroid dienone is 1. The highest BCUT2D eigenvalue weighted by molar-refractivity contribution is 5.70. The predicted molar refractivity (Wildman–Crippen MR) is 46.6 cm³/mol. The maximum Gasteiger partial charge on any atom is 0.306 e. The SMILES string of the molecule is COC(=O)CC(C)(C)/C=C/CO. The molecule has 0 fully saturated rings. The minimum atomic E-state index is -0.240. The van der Waals surface area contributed by atoms with Gasteiger partial charge in [0.15, 0.2) is 0 Å². The molecule has 3 nitrogen and oxygen atoms in total. The molecule has 0 saturated heterocycles. The molecule has 0 atom stereocenters. The third-order valence-corrected chi connectivity index (χ3v) is 1.50. The van der Waals surface area contributed by atoms with Crippen molar-refractivity contribution in [3.63, 3.8) is 0 Å². The van der Waals surface area contributed by atoms with E-state index in [4.69, 9.17) is 5.11 Å². The molecular formula is C9H16O3. The summed E-state index contributed by atoms with van der Waals surface area (Å²) in [6.07, 6.45) is 3.77. The van der Waals surface area contributed by atoms with Crippen LogP contribution in [0.1, 0.15) is 20.3 Å². The van der Waals surface area contributed by atoms with Gasteiger partial charge in [0, 0.05) is 0 Å². The van der Waals surface area contributed by atoms with E-state index in [-0.39, 0.29) is 18.0 Å². The molecule has 0 aromatic rings. The lowest BCUT2D eigenvalue weighted by Gasteiger charge is -2.17. The zero-order valence-electron chi connectivity index (χ0n) is 7.83. The monoisotopic (exact) mass is 172 g/mol. The molecular weight excluding hydrogens is 156 g/mol. The first-order valence-corrected chi connectivity index (χ1v) is 3.87. The van der Waals surface area contributed by atoms with E-state index in [0.29, 0.717) is 6.42 Å². The van der Waals surface area contributed by atoms with Crippen LogP contribution in [0, 0.1) is 5.41 Å². The normalized spacial score (nSPS) is 12.0. The van der Waals surface area contributed by atoms with Crippen LogP contribution >= 0.6 is 0 Å². The van der Waals surface area contributed by atoms with Gasteiger partial charge in [0.2, 0.25) is 0 Å². The van der Waals surface area contributed by atoms with Gasteiger partial charge in [-0.25, -0.2) is 0 Å². The lowest BCUT2D eigenvalue weighted by molar-refractivity contribution is -0.142. The molecule has 70 valence electrons. The van der Waals surface area contributed by atoms with Crippen molar-refractivity contribution in [3.05, 3.63) is 12.2 Å². The number of rotatable bonds is 4. The van der Waals surface area contributed by atoms with E-state index in [0.717, 1.165) is 0 Å². The Morgan fingerprint density at radius 3 is 2.58 bits per heavy atom. The lowest BCUT2D eigenvalue weighted by atomic mass is 9.89. The lowest BCUT2D eigenvalue weighted by Crippen LogP contribution is -2.15. The molecule has 0 aliphatic heterocycles. The highest BCUT2D eigenvalue weighted by Crippen LogP contribution is 2.22. The number of hydrogen-bond donors (Lipinski definition) is 1. The second-order valence-electron chi connectivity index (χ2n) is 3.33. The summed E-state index contributed by atoms with van der Waals surface area (Å²) in [6, 6.07) is 0. The smallest absolute Gasteiger partial charge is 0.306 e. The van der Waals surface area contributed by atoms with Gasteiger partial charge in [0.1, 0.15) is 0 Å². The Hall–Kier alpha value is -0.830. The van der Waals surface area contributed by atoms with Gasteiger partial charge in [-0.15, -0.1) is 0 Å². The van der Waals surface area contributed by atoms with Crippen LogP contribution in [0.5, 0.6) is 0 Å². The summed E-state index contributed by atoms with van der Waals surface area (Å²) in [4.78, 5) is 10.9. The maximum absolute atomic E-state index is 10.9. The summed E-state index contributed by atoms with van der Waals surface area (Å²) in [6.45, 7) is 3.83. The van der Waals surface area contributed by atoms with Gasteiger partial charge < -0.3 is 9.84 Å². The Labute approximate surface area is 73.0 Å². The molecule has 0 unspecified atom stereocenters. The average Bonchev–Trinajstić information content (AvgIpc) is 2.00. The summed E-state index contributed by atoms with van der Waals surface area (Å²) >= 11 is 0. The highest BCUT2D eigenvalue weighted by Gasteiger charge is 2.18. The number of hydrogen-bond acceptors (Lipinski definition) is 3. The van der Waals surface area contributed by atoms with Gasteiger partial charge in [-0.05, 0) is 5.41 Å². The van der Waals surface area contributed by atoms with Gasteiger partial charge >= 0.3 is 5.97 Å². The molecule has 0 aliphatic carbocycles. The fourth-order valence-electron chi connectivity index (χ4n) is 0.875. The molecule has 12 heavy (non-hydrogen) atoms. The Morgan fingerprint density at radius 2 is 2.17 bits per heavy atom. The number of aliphatic hydroxyl groups is 1. The zero-order chi connectivity index (χ0) is 9.61. The van der Waals surface area contributed by atoms with Crippen molar-refractivity contribution in [1.29, 1.82) is 0 Å². The van der Waals surface area contributed by atoms with Crippen LogP contribution in [0.4, 0.5) is 0 Å². The minimum absolute atomic E-state index is 0.00457. The Balaban J connectivity index is 4.03. The van der Waals surface area contributed by atoms with E-state index < -0.39 is 0 Å². The fourth-order valence-corrected chi connectivity index (χ4v) is 0.875. The number of carbonyl (C=O) groups is 1. The topological polar surface area (TPSA) is 46.5 Å². The predicted octanol–water partition coefficient (Wildman–Crippen LogP) is 1.12. The van der Waals surface area contributed by atoms with Gasteiger partial charge in [-0.3, -0.25) is 4.79 Å². The van der Waals surface area contributed by atoms with Crippen molar-refractivity contribution in [1.82, 2.24) is 0 Å². The van der Waals surface area contributed by atoms with Crippen LogP contribution in [-0.2, 0) is 9.53 Å². The van der Waals surface area contributed by atoms with Crippen molar-refractivity contribution < 1.29 is 14.6 Å². The van der Waals surface area contributed by atoms with Crippen molar-refractivity contribution >= 4 is 5.97 Å². The van der Waals surface area contributed by atoms with Gasteiger partial charge in [0.05, 0.1) is 20.1 Å². The molecule has 3 heteroatoms. The molecule has 0 bridgehead atoms. The second-order valence-corrected chi connectivity index (χ2v) is 3.33. The molecule has 0 aliphatic rings. The van der Waals surface area contributed by atoms with Crippen LogP contribution in [0.3, 0.4) is 0 Å². The van der Waals surface area contributed by atoms with Gasteiger partial charge in [0.25, 0.3) is 0 Å². The van der Waals surface area contributed by atoms with Crippen molar-refractivity contribution in [3.8, 4) is 0 Å². The summed E-state index contributed by atoms with van der Waals surface area (Å²) in [5, 5.41) is 8.52. The van der Waals surface area contributed by atoms with Crippen LogP contribution in [0.15, 0.2) is 12.2 Å². The van der Waals surface area contributed by atoms with Gasteiger partial charge in [-0.2, -0.15) is 0 Å². The molecule has 0 saturated carbocycles. The second kappa shape index (κ2) is 4.93. The summed E-state index contributed by atoms with van der Waals surface area (Å²) in [5.41, 5.74) is -0.240. The number of ether oxygens (including phenoxy) is 1. The van der Waals surface area contributed by atoms with E-state index in [1.54, 1.807) is 6.08 Å². The molecule has 0 amide bonds. The maximum atomic E-state index is 10.9. The minimum Gasteiger partial charge on any atom is -0.469 e. The number of methoxy groups -OCH3 is 1. The Kier molecular flexibility index (Phi) is 4.59. The first kappa shape index (κ1) is 11.2. The van der Waals surface area contributed by atoms with Crippen LogP contribution in [0.2, 0.25) is 0 Å². The fraction of sp³-hybridized carbons (Fsp3) is 0.667. The molecule has 1 N–H and O–H groups in total. The highest BCUT2D eigenvalue weighted by atomic mass is 16.5. The van der Waals surface area contributed by atoms with E-state index in [1.807, 2.05) is 19.9 Å². The Morgan fingerprint density at radius 1 is 1.58 bits per heavy atom.